The maximum atomic E-state index is 10.1. The van der Waals surface area contributed by atoms with Crippen molar-refractivity contribution in [1.82, 2.24) is 0 Å². The van der Waals surface area contributed by atoms with E-state index in [1.54, 1.807) is 0 Å². The molecule has 0 spiro atoms. The van der Waals surface area contributed by atoms with E-state index in [9.17, 15) is 5.11 Å². The molecule has 4 heteroatoms. The summed E-state index contributed by atoms with van der Waals surface area (Å²) in [6.45, 7) is 2.06. The first-order valence-corrected chi connectivity index (χ1v) is 7.89. The van der Waals surface area contributed by atoms with Gasteiger partial charge in [-0.25, -0.2) is 0 Å². The fraction of sp³-hybridized carbons (Fsp3) is 0.111. The van der Waals surface area contributed by atoms with Crippen LogP contribution in [0.5, 0.6) is 5.75 Å². The Labute approximate surface area is 137 Å². The lowest BCUT2D eigenvalue weighted by atomic mass is 10.1. The van der Waals surface area contributed by atoms with Gasteiger partial charge in [0.2, 0.25) is 0 Å². The quantitative estimate of drug-likeness (QED) is 0.552. The number of fused-ring (bicyclic) bond motifs is 1. The van der Waals surface area contributed by atoms with Gasteiger partial charge >= 0.3 is 0 Å². The number of hydrogen-bond acceptors (Lipinski definition) is 3. The molecule has 0 bridgehead atoms. The second-order valence-corrected chi connectivity index (χ2v) is 5.85. The molecule has 3 nitrogen and oxygen atoms in total. The molecule has 0 unspecified atom stereocenters. The molecule has 110 valence electrons. The summed E-state index contributed by atoms with van der Waals surface area (Å²) in [5.41, 5.74) is 2.35. The lowest BCUT2D eigenvalue weighted by molar-refractivity contribution is 0.473. The number of rotatable bonds is 3. The van der Waals surface area contributed by atoms with E-state index in [2.05, 4.69) is 33.1 Å². The summed E-state index contributed by atoms with van der Waals surface area (Å²) in [5, 5.41) is 20.8. The van der Waals surface area contributed by atoms with Gasteiger partial charge < -0.3 is 5.11 Å². The van der Waals surface area contributed by atoms with Crippen LogP contribution in [0.4, 0.5) is 11.4 Å². The van der Waals surface area contributed by atoms with Gasteiger partial charge in [0.1, 0.15) is 5.69 Å². The maximum Gasteiger partial charge on any atom is 0.157 e. The Balaban J connectivity index is 2.05. The van der Waals surface area contributed by atoms with Gasteiger partial charge in [-0.15, -0.1) is 10.2 Å². The maximum absolute atomic E-state index is 10.1. The SMILES string of the molecule is CCc1cc(Br)c(O)c(N=Nc2cccc3ccccc23)c1. The van der Waals surface area contributed by atoms with Gasteiger partial charge in [0.25, 0.3) is 0 Å². The van der Waals surface area contributed by atoms with Crippen LogP contribution in [-0.2, 0) is 6.42 Å². The van der Waals surface area contributed by atoms with Crippen molar-refractivity contribution in [1.29, 1.82) is 0 Å². The van der Waals surface area contributed by atoms with Crippen LogP contribution in [0.15, 0.2) is 69.3 Å². The monoisotopic (exact) mass is 354 g/mol. The minimum atomic E-state index is 0.112. The summed E-state index contributed by atoms with van der Waals surface area (Å²) in [5.74, 6) is 0.112. The van der Waals surface area contributed by atoms with E-state index in [0.29, 0.717) is 10.2 Å². The van der Waals surface area contributed by atoms with E-state index in [4.69, 9.17) is 0 Å². The van der Waals surface area contributed by atoms with Crippen LogP contribution in [0.3, 0.4) is 0 Å². The predicted octanol–water partition coefficient (Wildman–Crippen LogP) is 6.29. The zero-order valence-corrected chi connectivity index (χ0v) is 13.7. The Morgan fingerprint density at radius 2 is 1.68 bits per heavy atom. The van der Waals surface area contributed by atoms with E-state index < -0.39 is 0 Å². The van der Waals surface area contributed by atoms with Crippen molar-refractivity contribution in [3.05, 3.63) is 64.6 Å². The summed E-state index contributed by atoms with van der Waals surface area (Å²) >= 11 is 3.35. The fourth-order valence-corrected chi connectivity index (χ4v) is 2.82. The Bertz CT molecular complexity index is 854. The minimum absolute atomic E-state index is 0.112. The van der Waals surface area contributed by atoms with Crippen molar-refractivity contribution in [2.45, 2.75) is 13.3 Å². The molecule has 0 aliphatic carbocycles. The molecule has 0 aliphatic rings. The number of benzene rings is 3. The first-order chi connectivity index (χ1) is 10.7. The predicted molar refractivity (Wildman–Crippen MR) is 93.3 cm³/mol. The molecule has 0 saturated heterocycles. The molecule has 0 aliphatic heterocycles. The van der Waals surface area contributed by atoms with Crippen molar-refractivity contribution in [3.63, 3.8) is 0 Å². The number of nitrogens with zero attached hydrogens (tertiary/aromatic N) is 2. The number of aromatic hydroxyl groups is 1. The molecule has 0 saturated carbocycles. The molecule has 1 N–H and O–H groups in total. The number of phenols is 1. The first kappa shape index (κ1) is 14.7. The van der Waals surface area contributed by atoms with Crippen molar-refractivity contribution in [3.8, 4) is 5.75 Å². The average molecular weight is 355 g/mol. The number of hydrogen-bond donors (Lipinski definition) is 1. The highest BCUT2D eigenvalue weighted by Crippen LogP contribution is 2.37. The number of aryl methyl sites for hydroxylation is 1. The summed E-state index contributed by atoms with van der Waals surface area (Å²) in [6.07, 6.45) is 0.871. The first-order valence-electron chi connectivity index (χ1n) is 7.10. The van der Waals surface area contributed by atoms with Gasteiger partial charge in [-0.2, -0.15) is 0 Å². The van der Waals surface area contributed by atoms with E-state index in [1.807, 2.05) is 54.6 Å². The zero-order valence-electron chi connectivity index (χ0n) is 12.1. The molecule has 22 heavy (non-hydrogen) atoms. The standard InChI is InChI=1S/C18H15BrN2O/c1-2-12-10-15(19)18(22)17(11-12)21-20-16-9-5-7-13-6-3-4-8-14(13)16/h3-11,22H,2H2,1H3. The second kappa shape index (κ2) is 6.28. The van der Waals surface area contributed by atoms with Crippen molar-refractivity contribution in [2.75, 3.05) is 0 Å². The minimum Gasteiger partial charge on any atom is -0.505 e. The third-order valence-electron chi connectivity index (χ3n) is 3.54. The number of azo groups is 1. The smallest absolute Gasteiger partial charge is 0.157 e. The van der Waals surface area contributed by atoms with Gasteiger partial charge in [-0.3, -0.25) is 0 Å². The second-order valence-electron chi connectivity index (χ2n) is 5.00. The summed E-state index contributed by atoms with van der Waals surface area (Å²) < 4.78 is 0.638. The highest BCUT2D eigenvalue weighted by Gasteiger charge is 2.07. The Morgan fingerprint density at radius 3 is 2.50 bits per heavy atom. The van der Waals surface area contributed by atoms with Crippen LogP contribution < -0.4 is 0 Å². The van der Waals surface area contributed by atoms with Gasteiger partial charge in [-0.05, 0) is 51.5 Å². The topological polar surface area (TPSA) is 45.0 Å². The van der Waals surface area contributed by atoms with Crippen LogP contribution in [0.2, 0.25) is 0 Å². The molecule has 0 fully saturated rings. The van der Waals surface area contributed by atoms with Crippen LogP contribution in [0.1, 0.15) is 12.5 Å². The molecule has 3 aromatic rings. The van der Waals surface area contributed by atoms with Crippen LogP contribution >= 0.6 is 15.9 Å². The lowest BCUT2D eigenvalue weighted by Gasteiger charge is -2.05. The van der Waals surface area contributed by atoms with E-state index in [1.165, 1.54) is 0 Å². The molecular weight excluding hydrogens is 340 g/mol. The highest BCUT2D eigenvalue weighted by atomic mass is 79.9. The molecule has 0 radical (unpaired) electrons. The molecule has 0 aromatic heterocycles. The average Bonchev–Trinajstić information content (AvgIpc) is 2.56. The van der Waals surface area contributed by atoms with Gasteiger partial charge in [0.15, 0.2) is 5.75 Å². The molecule has 0 heterocycles. The Hall–Kier alpha value is -2.20. The molecule has 0 amide bonds. The van der Waals surface area contributed by atoms with Crippen molar-refractivity contribution >= 4 is 38.1 Å². The zero-order chi connectivity index (χ0) is 15.5. The third kappa shape index (κ3) is 2.88. The van der Waals surface area contributed by atoms with Crippen molar-refractivity contribution in [2.24, 2.45) is 10.2 Å². The number of phenolic OH excluding ortho intramolecular Hbond substituents is 1. The van der Waals surface area contributed by atoms with E-state index >= 15 is 0 Å². The summed E-state index contributed by atoms with van der Waals surface area (Å²) in [6, 6.07) is 17.7. The third-order valence-corrected chi connectivity index (χ3v) is 4.15. The van der Waals surface area contributed by atoms with Crippen molar-refractivity contribution < 1.29 is 5.11 Å². The molecular formula is C18H15BrN2O. The van der Waals surface area contributed by atoms with Gasteiger partial charge in [0, 0.05) is 5.39 Å². The highest BCUT2D eigenvalue weighted by molar-refractivity contribution is 9.10. The van der Waals surface area contributed by atoms with Crippen LogP contribution in [-0.4, -0.2) is 5.11 Å². The van der Waals surface area contributed by atoms with Crippen LogP contribution in [0.25, 0.3) is 10.8 Å². The Morgan fingerprint density at radius 1 is 0.955 bits per heavy atom. The lowest BCUT2D eigenvalue weighted by Crippen LogP contribution is -1.81. The normalized spacial score (nSPS) is 11.4. The van der Waals surface area contributed by atoms with Crippen LogP contribution in [0, 0.1) is 0 Å². The molecule has 3 aromatic carbocycles. The van der Waals surface area contributed by atoms with Gasteiger partial charge in [-0.1, -0.05) is 43.3 Å². The summed E-state index contributed by atoms with van der Waals surface area (Å²) in [4.78, 5) is 0. The molecule has 0 atom stereocenters. The fourth-order valence-electron chi connectivity index (χ4n) is 2.32. The summed E-state index contributed by atoms with van der Waals surface area (Å²) in [7, 11) is 0. The Kier molecular flexibility index (Phi) is 4.20. The number of halogens is 1. The van der Waals surface area contributed by atoms with E-state index in [0.717, 1.165) is 28.4 Å². The van der Waals surface area contributed by atoms with Gasteiger partial charge in [0.05, 0.1) is 10.2 Å². The van der Waals surface area contributed by atoms with E-state index in [-0.39, 0.29) is 5.75 Å². The largest absolute Gasteiger partial charge is 0.505 e. The molecule has 3 rings (SSSR count).